The van der Waals surface area contributed by atoms with Crippen molar-refractivity contribution in [1.82, 2.24) is 4.90 Å². The van der Waals surface area contributed by atoms with Crippen molar-refractivity contribution in [3.8, 4) is 35.8 Å². The number of nitrogens with zero attached hydrogens (tertiary/aromatic N) is 5. The lowest BCUT2D eigenvalue weighted by atomic mass is 9.43. The Morgan fingerprint density at radius 2 is 1.88 bits per heavy atom. The van der Waals surface area contributed by atoms with Gasteiger partial charge in [-0.3, -0.25) is 0 Å². The van der Waals surface area contributed by atoms with Crippen LogP contribution < -0.4 is 9.47 Å². The van der Waals surface area contributed by atoms with Crippen LogP contribution in [-0.2, 0) is 11.8 Å². The molecule has 33 heavy (non-hydrogen) atoms. The molecule has 1 aromatic rings. The molecule has 0 N–H and O–H groups in total. The number of nitriles is 4. The van der Waals surface area contributed by atoms with E-state index in [1.54, 1.807) is 7.11 Å². The minimum Gasteiger partial charge on any atom is -0.493 e. The van der Waals surface area contributed by atoms with Crippen LogP contribution in [0.2, 0.25) is 0 Å². The molecule has 5 atom stereocenters. The van der Waals surface area contributed by atoms with Crippen LogP contribution in [0.15, 0.2) is 23.8 Å². The molecule has 7 nitrogen and oxygen atoms in total. The third-order valence-corrected chi connectivity index (χ3v) is 9.37. The van der Waals surface area contributed by atoms with Gasteiger partial charge in [0.15, 0.2) is 22.3 Å². The zero-order valence-corrected chi connectivity index (χ0v) is 18.6. The quantitative estimate of drug-likeness (QED) is 0.620. The minimum atomic E-state index is -1.74. The zero-order chi connectivity index (χ0) is 23.2. The molecule has 1 aromatic carbocycles. The lowest BCUT2D eigenvalue weighted by Crippen LogP contribution is -2.67. The molecular weight excluding hydrogens is 414 g/mol. The number of ether oxygens (including phenoxy) is 2. The van der Waals surface area contributed by atoms with Crippen LogP contribution in [-0.4, -0.2) is 37.7 Å². The number of piperidine rings is 1. The zero-order valence-electron chi connectivity index (χ0n) is 18.6. The summed E-state index contributed by atoms with van der Waals surface area (Å²) in [4.78, 5) is 2.39. The monoisotopic (exact) mass is 437 g/mol. The summed E-state index contributed by atoms with van der Waals surface area (Å²) in [5.74, 6) is 1.11. The molecule has 2 heterocycles. The Labute approximate surface area is 193 Å². The van der Waals surface area contributed by atoms with Gasteiger partial charge < -0.3 is 14.4 Å². The number of hydrogen-bond donors (Lipinski definition) is 0. The second-order valence-corrected chi connectivity index (χ2v) is 10.1. The summed E-state index contributed by atoms with van der Waals surface area (Å²) in [6.45, 7) is 0.942. The molecule has 7 heteroatoms. The Bertz CT molecular complexity index is 1260. The first-order valence-electron chi connectivity index (χ1n) is 11.4. The number of likely N-dealkylation sites (N-methyl/N-ethyl adjacent to an activating group) is 1. The Morgan fingerprint density at radius 1 is 1.12 bits per heavy atom. The molecule has 0 amide bonds. The van der Waals surface area contributed by atoms with Crippen molar-refractivity contribution in [2.75, 3.05) is 20.7 Å². The number of rotatable bonds is 1. The third kappa shape index (κ3) is 1.98. The van der Waals surface area contributed by atoms with Crippen LogP contribution in [0.5, 0.6) is 11.5 Å². The van der Waals surface area contributed by atoms with Crippen molar-refractivity contribution in [2.45, 2.75) is 43.2 Å². The summed E-state index contributed by atoms with van der Waals surface area (Å²) >= 11 is 0. The first kappa shape index (κ1) is 20.1. The Balaban J connectivity index is 1.63. The highest BCUT2D eigenvalue weighted by molar-refractivity contribution is 5.63. The summed E-state index contributed by atoms with van der Waals surface area (Å²) in [7, 11) is 3.78. The van der Waals surface area contributed by atoms with Crippen LogP contribution in [0.25, 0.3) is 0 Å². The normalized spacial score (nSPS) is 35.8. The first-order valence-corrected chi connectivity index (χ1v) is 11.4. The van der Waals surface area contributed by atoms with Crippen molar-refractivity contribution >= 4 is 0 Å². The van der Waals surface area contributed by atoms with Crippen molar-refractivity contribution in [2.24, 2.45) is 22.7 Å². The van der Waals surface area contributed by atoms with Gasteiger partial charge in [-0.15, -0.1) is 0 Å². The van der Waals surface area contributed by atoms with Crippen molar-refractivity contribution in [3.63, 3.8) is 0 Å². The van der Waals surface area contributed by atoms with E-state index in [1.807, 2.05) is 12.1 Å². The maximum atomic E-state index is 10.3. The second kappa shape index (κ2) is 6.29. The number of fused-ring (bicyclic) bond motifs is 2. The maximum absolute atomic E-state index is 10.3. The van der Waals surface area contributed by atoms with Gasteiger partial charge in [0.2, 0.25) is 0 Å². The fourth-order valence-corrected chi connectivity index (χ4v) is 7.81. The molecule has 2 bridgehead atoms. The van der Waals surface area contributed by atoms with Gasteiger partial charge in [0.05, 0.1) is 31.4 Å². The molecule has 164 valence electrons. The first-order chi connectivity index (χ1) is 16.0. The SMILES string of the molecule is COc1ccc2c3c1O[C@H]1C4=CCC(C#N)(C#N)C(C#N)(C#N)C4C[C@H]4[C@@H](C2)N(C)CC[C@]314. The van der Waals surface area contributed by atoms with Gasteiger partial charge in [-0.2, -0.15) is 21.0 Å². The predicted octanol–water partition coefficient (Wildman–Crippen LogP) is 2.99. The molecule has 2 fully saturated rings. The summed E-state index contributed by atoms with van der Waals surface area (Å²) < 4.78 is 12.4. The number of hydrogen-bond acceptors (Lipinski definition) is 7. The molecule has 2 aliphatic heterocycles. The lowest BCUT2D eigenvalue weighted by molar-refractivity contribution is -0.0516. The Kier molecular flexibility index (Phi) is 3.83. The highest BCUT2D eigenvalue weighted by atomic mass is 16.5. The molecule has 5 aliphatic rings. The molecule has 0 radical (unpaired) electrons. The average Bonchev–Trinajstić information content (AvgIpc) is 3.20. The van der Waals surface area contributed by atoms with E-state index < -0.39 is 16.7 Å². The highest BCUT2D eigenvalue weighted by Crippen LogP contribution is 2.69. The minimum absolute atomic E-state index is 0.0528. The predicted molar refractivity (Wildman–Crippen MR) is 115 cm³/mol. The fraction of sp³-hybridized carbons (Fsp3) is 0.538. The molecule has 1 saturated heterocycles. The summed E-state index contributed by atoms with van der Waals surface area (Å²) in [5, 5.41) is 40.7. The van der Waals surface area contributed by atoms with E-state index >= 15 is 0 Å². The second-order valence-electron chi connectivity index (χ2n) is 10.1. The number of methoxy groups -OCH3 is 1. The summed E-state index contributed by atoms with van der Waals surface area (Å²) in [5.41, 5.74) is -0.252. The molecule has 6 rings (SSSR count). The van der Waals surface area contributed by atoms with E-state index in [2.05, 4.69) is 42.3 Å². The average molecular weight is 438 g/mol. The van der Waals surface area contributed by atoms with Crippen molar-refractivity contribution in [3.05, 3.63) is 34.9 Å². The molecule has 3 aliphatic carbocycles. The van der Waals surface area contributed by atoms with E-state index in [9.17, 15) is 21.0 Å². The van der Waals surface area contributed by atoms with Crippen LogP contribution in [0.1, 0.15) is 30.4 Å². The molecule has 1 saturated carbocycles. The van der Waals surface area contributed by atoms with E-state index in [1.165, 1.54) is 11.1 Å². The Morgan fingerprint density at radius 3 is 2.55 bits per heavy atom. The number of allylic oxidation sites excluding steroid dienone is 1. The van der Waals surface area contributed by atoms with Gasteiger partial charge >= 0.3 is 0 Å². The van der Waals surface area contributed by atoms with Gasteiger partial charge in [-0.05, 0) is 56.0 Å². The molecule has 1 spiro atoms. The van der Waals surface area contributed by atoms with Crippen molar-refractivity contribution < 1.29 is 9.47 Å². The number of benzene rings is 1. The van der Waals surface area contributed by atoms with Gasteiger partial charge in [0.1, 0.15) is 6.10 Å². The Hall–Kier alpha value is -3.52. The van der Waals surface area contributed by atoms with Gasteiger partial charge in [0, 0.05) is 29.4 Å². The number of likely N-dealkylation sites (tertiary alicyclic amines) is 1. The molecule has 0 aromatic heterocycles. The van der Waals surface area contributed by atoms with Crippen LogP contribution in [0, 0.1) is 68.0 Å². The van der Waals surface area contributed by atoms with Crippen LogP contribution >= 0.6 is 0 Å². The summed E-state index contributed by atoms with van der Waals surface area (Å²) in [6.07, 6.45) is 4.03. The van der Waals surface area contributed by atoms with Crippen LogP contribution in [0.3, 0.4) is 0 Å². The van der Waals surface area contributed by atoms with Gasteiger partial charge in [-0.25, -0.2) is 0 Å². The van der Waals surface area contributed by atoms with Crippen molar-refractivity contribution in [1.29, 1.82) is 21.0 Å². The fourth-order valence-electron chi connectivity index (χ4n) is 7.81. The lowest BCUT2D eigenvalue weighted by Gasteiger charge is -2.61. The molecular formula is C26H23N5O2. The topological polar surface area (TPSA) is 117 Å². The van der Waals surface area contributed by atoms with E-state index in [4.69, 9.17) is 9.47 Å². The smallest absolute Gasteiger partial charge is 0.182 e. The van der Waals surface area contributed by atoms with E-state index in [0.29, 0.717) is 12.2 Å². The standard InChI is InChI=1S/C26H23N5O2/c1-31-8-7-26-18-10-17-16(5-6-24(11-27,12-28)25(17,13-29)14-30)23(26)33-22-20(32-2)4-3-15(21(22)26)9-19(18)31/h3-5,17-19,23H,6-10H2,1-2H3/t17?,18-,19+,23-,26-/m0/s1. The maximum Gasteiger partial charge on any atom is 0.182 e. The van der Waals surface area contributed by atoms with E-state index in [0.717, 1.165) is 30.7 Å². The van der Waals surface area contributed by atoms with Crippen LogP contribution in [0.4, 0.5) is 0 Å². The van der Waals surface area contributed by atoms with Gasteiger partial charge in [0.25, 0.3) is 0 Å². The van der Waals surface area contributed by atoms with Gasteiger partial charge in [-0.1, -0.05) is 12.1 Å². The largest absolute Gasteiger partial charge is 0.493 e. The third-order valence-electron chi connectivity index (χ3n) is 9.37. The summed E-state index contributed by atoms with van der Waals surface area (Å²) in [6, 6.07) is 12.9. The molecule has 1 unspecified atom stereocenters. The highest BCUT2D eigenvalue weighted by Gasteiger charge is 2.72. The van der Waals surface area contributed by atoms with E-state index in [-0.39, 0.29) is 29.9 Å².